The van der Waals surface area contributed by atoms with E-state index in [0.717, 1.165) is 18.5 Å². The van der Waals surface area contributed by atoms with E-state index in [-0.39, 0.29) is 11.2 Å². The Labute approximate surface area is 174 Å². The summed E-state index contributed by atoms with van der Waals surface area (Å²) in [6.07, 6.45) is 1.04. The molecule has 0 aromatic heterocycles. The minimum Gasteiger partial charge on any atom is -0.502 e. The van der Waals surface area contributed by atoms with E-state index in [4.69, 9.17) is 9.47 Å². The SMILES string of the molecule is CCc1ccc(C(C)(C)CNC(=NC)NCc2cc(OC)c(O)c(OC)c2)cc1. The van der Waals surface area contributed by atoms with Crippen molar-refractivity contribution in [1.29, 1.82) is 0 Å². The predicted octanol–water partition coefficient (Wildman–Crippen LogP) is 3.61. The van der Waals surface area contributed by atoms with Gasteiger partial charge in [0.25, 0.3) is 0 Å². The van der Waals surface area contributed by atoms with Gasteiger partial charge in [0.05, 0.1) is 14.2 Å². The molecule has 3 N–H and O–H groups in total. The lowest BCUT2D eigenvalue weighted by molar-refractivity contribution is 0.339. The monoisotopic (exact) mass is 399 g/mol. The average Bonchev–Trinajstić information content (AvgIpc) is 2.74. The second-order valence-corrected chi connectivity index (χ2v) is 7.56. The summed E-state index contributed by atoms with van der Waals surface area (Å²) in [4.78, 5) is 4.31. The van der Waals surface area contributed by atoms with E-state index in [9.17, 15) is 5.11 Å². The van der Waals surface area contributed by atoms with Gasteiger partial charge in [0.1, 0.15) is 0 Å². The molecule has 0 aliphatic carbocycles. The fourth-order valence-corrected chi connectivity index (χ4v) is 3.05. The van der Waals surface area contributed by atoms with Crippen molar-refractivity contribution in [3.05, 3.63) is 53.1 Å². The van der Waals surface area contributed by atoms with Crippen LogP contribution in [0.4, 0.5) is 0 Å². The van der Waals surface area contributed by atoms with Crippen molar-refractivity contribution < 1.29 is 14.6 Å². The van der Waals surface area contributed by atoms with Crippen LogP contribution in [0.2, 0.25) is 0 Å². The Morgan fingerprint density at radius 1 is 1.00 bits per heavy atom. The van der Waals surface area contributed by atoms with Crippen molar-refractivity contribution in [3.63, 3.8) is 0 Å². The molecular formula is C23H33N3O3. The number of nitrogens with zero attached hydrogens (tertiary/aromatic N) is 1. The van der Waals surface area contributed by atoms with Gasteiger partial charge in [-0.15, -0.1) is 0 Å². The summed E-state index contributed by atoms with van der Waals surface area (Å²) >= 11 is 0. The third-order valence-corrected chi connectivity index (χ3v) is 5.06. The largest absolute Gasteiger partial charge is 0.502 e. The molecule has 0 unspecified atom stereocenters. The molecule has 6 nitrogen and oxygen atoms in total. The highest BCUT2D eigenvalue weighted by molar-refractivity contribution is 5.79. The van der Waals surface area contributed by atoms with Crippen LogP contribution < -0.4 is 20.1 Å². The van der Waals surface area contributed by atoms with E-state index in [0.29, 0.717) is 24.0 Å². The Bertz CT molecular complexity index is 805. The van der Waals surface area contributed by atoms with Gasteiger partial charge in [-0.3, -0.25) is 4.99 Å². The molecule has 0 amide bonds. The molecular weight excluding hydrogens is 366 g/mol. The Morgan fingerprint density at radius 3 is 2.07 bits per heavy atom. The minimum atomic E-state index is -0.0468. The fourth-order valence-electron chi connectivity index (χ4n) is 3.05. The summed E-state index contributed by atoms with van der Waals surface area (Å²) in [5.41, 5.74) is 3.49. The molecule has 0 bridgehead atoms. The van der Waals surface area contributed by atoms with Gasteiger partial charge >= 0.3 is 0 Å². The standard InChI is InChI=1S/C23H33N3O3/c1-7-16-8-10-18(11-9-16)23(2,3)15-26-22(24-4)25-14-17-12-19(28-5)21(27)20(13-17)29-6/h8-13,27H,7,14-15H2,1-6H3,(H2,24,25,26). The van der Waals surface area contributed by atoms with Crippen LogP contribution >= 0.6 is 0 Å². The number of hydrogen-bond donors (Lipinski definition) is 3. The van der Waals surface area contributed by atoms with Gasteiger partial charge in [-0.2, -0.15) is 0 Å². The highest BCUT2D eigenvalue weighted by Gasteiger charge is 2.21. The number of benzene rings is 2. The quantitative estimate of drug-likeness (QED) is 0.467. The molecule has 0 aliphatic heterocycles. The van der Waals surface area contributed by atoms with Crippen molar-refractivity contribution in [2.24, 2.45) is 4.99 Å². The third-order valence-electron chi connectivity index (χ3n) is 5.06. The number of ether oxygens (including phenoxy) is 2. The van der Waals surface area contributed by atoms with Crippen LogP contribution in [0.3, 0.4) is 0 Å². The van der Waals surface area contributed by atoms with Crippen molar-refractivity contribution in [3.8, 4) is 17.2 Å². The summed E-state index contributed by atoms with van der Waals surface area (Å²) in [5, 5.41) is 16.7. The van der Waals surface area contributed by atoms with E-state index in [2.05, 4.69) is 60.7 Å². The number of phenolic OH excluding ortho intramolecular Hbond substituents is 1. The lowest BCUT2D eigenvalue weighted by Gasteiger charge is -2.27. The molecule has 0 atom stereocenters. The molecule has 0 radical (unpaired) electrons. The molecule has 2 rings (SSSR count). The number of guanidine groups is 1. The maximum Gasteiger partial charge on any atom is 0.200 e. The van der Waals surface area contributed by atoms with Gasteiger partial charge in [-0.25, -0.2) is 0 Å². The molecule has 29 heavy (non-hydrogen) atoms. The first-order valence-electron chi connectivity index (χ1n) is 9.82. The number of methoxy groups -OCH3 is 2. The zero-order valence-corrected chi connectivity index (χ0v) is 18.3. The number of aliphatic imine (C=N–C) groups is 1. The van der Waals surface area contributed by atoms with Gasteiger partial charge < -0.3 is 25.2 Å². The highest BCUT2D eigenvalue weighted by Crippen LogP contribution is 2.37. The summed E-state index contributed by atoms with van der Waals surface area (Å²) < 4.78 is 10.4. The lowest BCUT2D eigenvalue weighted by atomic mass is 9.84. The van der Waals surface area contributed by atoms with Gasteiger partial charge in [0.15, 0.2) is 17.5 Å². The summed E-state index contributed by atoms with van der Waals surface area (Å²) in [6, 6.07) is 12.3. The van der Waals surface area contributed by atoms with Crippen molar-refractivity contribution >= 4 is 5.96 Å². The summed E-state index contributed by atoms with van der Waals surface area (Å²) in [6.45, 7) is 7.84. The van der Waals surface area contributed by atoms with Crippen molar-refractivity contribution in [2.45, 2.75) is 39.2 Å². The van der Waals surface area contributed by atoms with Crippen molar-refractivity contribution in [2.75, 3.05) is 27.8 Å². The first-order chi connectivity index (χ1) is 13.8. The molecule has 0 heterocycles. The lowest BCUT2D eigenvalue weighted by Crippen LogP contribution is -2.43. The van der Waals surface area contributed by atoms with Crippen LogP contribution in [0.15, 0.2) is 41.4 Å². The fraction of sp³-hybridized carbons (Fsp3) is 0.435. The number of aromatic hydroxyl groups is 1. The highest BCUT2D eigenvalue weighted by atomic mass is 16.5. The minimum absolute atomic E-state index is 0.00269. The molecule has 2 aromatic carbocycles. The second kappa shape index (κ2) is 10.0. The molecule has 0 spiro atoms. The molecule has 6 heteroatoms. The third kappa shape index (κ3) is 5.79. The average molecular weight is 400 g/mol. The van der Waals surface area contributed by atoms with Crippen LogP contribution in [0.5, 0.6) is 17.2 Å². The molecule has 2 aromatic rings. The second-order valence-electron chi connectivity index (χ2n) is 7.56. The molecule has 0 saturated heterocycles. The first-order valence-corrected chi connectivity index (χ1v) is 9.82. The summed E-state index contributed by atoms with van der Waals surface area (Å²) in [5.74, 6) is 1.45. The number of rotatable bonds is 8. The molecule has 0 saturated carbocycles. The maximum atomic E-state index is 10.0. The Balaban J connectivity index is 2.00. The Kier molecular flexibility index (Phi) is 7.76. The number of aryl methyl sites for hydroxylation is 1. The van der Waals surface area contributed by atoms with Crippen LogP contribution in [-0.2, 0) is 18.4 Å². The van der Waals surface area contributed by atoms with Gasteiger partial charge in [0.2, 0.25) is 5.75 Å². The Hall–Kier alpha value is -2.89. The van der Waals surface area contributed by atoms with E-state index in [1.807, 2.05) is 0 Å². The normalized spacial score (nSPS) is 11.9. The smallest absolute Gasteiger partial charge is 0.200 e. The molecule has 0 aliphatic rings. The maximum absolute atomic E-state index is 10.0. The summed E-state index contributed by atoms with van der Waals surface area (Å²) in [7, 11) is 4.78. The molecule has 0 fully saturated rings. The number of phenols is 1. The van der Waals surface area contributed by atoms with Crippen LogP contribution in [-0.4, -0.2) is 38.9 Å². The first kappa shape index (κ1) is 22.4. The number of nitrogens with one attached hydrogen (secondary N) is 2. The van der Waals surface area contributed by atoms with Crippen LogP contribution in [0.1, 0.15) is 37.5 Å². The number of hydrogen-bond acceptors (Lipinski definition) is 4. The topological polar surface area (TPSA) is 75.1 Å². The van der Waals surface area contributed by atoms with Gasteiger partial charge in [-0.05, 0) is 35.2 Å². The van der Waals surface area contributed by atoms with E-state index in [1.54, 1.807) is 19.2 Å². The van der Waals surface area contributed by atoms with E-state index >= 15 is 0 Å². The predicted molar refractivity (Wildman–Crippen MR) is 118 cm³/mol. The zero-order valence-electron chi connectivity index (χ0n) is 18.3. The van der Waals surface area contributed by atoms with E-state index < -0.39 is 0 Å². The van der Waals surface area contributed by atoms with Crippen molar-refractivity contribution in [1.82, 2.24) is 10.6 Å². The van der Waals surface area contributed by atoms with Crippen LogP contribution in [0, 0.1) is 0 Å². The molecule has 158 valence electrons. The zero-order chi connectivity index (χ0) is 21.4. The van der Waals surface area contributed by atoms with Gasteiger partial charge in [-0.1, -0.05) is 45.0 Å². The van der Waals surface area contributed by atoms with Gasteiger partial charge in [0, 0.05) is 25.6 Å². The Morgan fingerprint density at radius 2 is 1.59 bits per heavy atom. The van der Waals surface area contributed by atoms with Crippen LogP contribution in [0.25, 0.3) is 0 Å². The van der Waals surface area contributed by atoms with E-state index in [1.165, 1.54) is 25.3 Å².